The van der Waals surface area contributed by atoms with Crippen molar-refractivity contribution in [1.29, 1.82) is 0 Å². The van der Waals surface area contributed by atoms with Gasteiger partial charge in [0, 0.05) is 25.7 Å². The lowest BCUT2D eigenvalue weighted by Gasteiger charge is -2.63. The van der Waals surface area contributed by atoms with Crippen molar-refractivity contribution in [2.24, 2.45) is 11.3 Å². The molecule has 0 aromatic heterocycles. The van der Waals surface area contributed by atoms with Crippen molar-refractivity contribution in [3.05, 3.63) is 0 Å². The molecule has 2 atom stereocenters. The van der Waals surface area contributed by atoms with Crippen molar-refractivity contribution >= 4 is 11.9 Å². The largest absolute Gasteiger partial charge is 0.465 e. The van der Waals surface area contributed by atoms with Gasteiger partial charge in [-0.25, -0.2) is 0 Å². The average Bonchev–Trinajstić information content (AvgIpc) is 3.00. The van der Waals surface area contributed by atoms with Crippen LogP contribution < -0.4 is 0 Å². The van der Waals surface area contributed by atoms with Gasteiger partial charge in [0.05, 0.1) is 29.7 Å². The monoisotopic (exact) mass is 624 g/mol. The molecule has 2 aliphatic heterocycles. The number of hydrogen-bond acceptors (Lipinski definition) is 7. The van der Waals surface area contributed by atoms with Crippen molar-refractivity contribution in [1.82, 2.24) is 5.06 Å². The van der Waals surface area contributed by atoms with E-state index in [0.717, 1.165) is 25.7 Å². The minimum atomic E-state index is -0.790. The lowest BCUT2D eigenvalue weighted by molar-refractivity contribution is -0.400. The van der Waals surface area contributed by atoms with Crippen LogP contribution in [0, 0.1) is 11.3 Å². The van der Waals surface area contributed by atoms with E-state index in [4.69, 9.17) is 19.0 Å². The van der Waals surface area contributed by atoms with Crippen LogP contribution in [0.15, 0.2) is 0 Å². The van der Waals surface area contributed by atoms with Crippen molar-refractivity contribution in [3.63, 3.8) is 0 Å². The molecule has 44 heavy (non-hydrogen) atoms. The Morgan fingerprint density at radius 2 is 1.23 bits per heavy atom. The van der Waals surface area contributed by atoms with E-state index in [1.807, 2.05) is 5.06 Å². The zero-order valence-corrected chi connectivity index (χ0v) is 30.0. The average molecular weight is 624 g/mol. The van der Waals surface area contributed by atoms with Gasteiger partial charge in [0.1, 0.15) is 6.61 Å². The number of hydrogen-bond donors (Lipinski definition) is 0. The predicted molar refractivity (Wildman–Crippen MR) is 178 cm³/mol. The summed E-state index contributed by atoms with van der Waals surface area (Å²) in [5.74, 6) is -1.27. The Hall–Kier alpha value is -1.18. The highest BCUT2D eigenvalue weighted by Gasteiger charge is 2.63. The molecule has 7 nitrogen and oxygen atoms in total. The first-order chi connectivity index (χ1) is 20.9. The van der Waals surface area contributed by atoms with E-state index in [2.05, 4.69) is 48.5 Å². The number of carbonyl (C=O) groups is 2. The molecule has 0 amide bonds. The molecular weight excluding hydrogens is 554 g/mol. The van der Waals surface area contributed by atoms with Gasteiger partial charge in [-0.15, -0.1) is 5.06 Å². The van der Waals surface area contributed by atoms with Gasteiger partial charge in [-0.2, -0.15) is 0 Å². The van der Waals surface area contributed by atoms with Gasteiger partial charge in [0.25, 0.3) is 0 Å². The maximum Gasteiger partial charge on any atom is 0.322 e. The lowest BCUT2D eigenvalue weighted by Crippen LogP contribution is -2.73. The summed E-state index contributed by atoms with van der Waals surface area (Å²) in [6, 6.07) is 0. The van der Waals surface area contributed by atoms with E-state index in [1.165, 1.54) is 90.4 Å². The minimum Gasteiger partial charge on any atom is -0.465 e. The molecule has 0 aromatic carbocycles. The summed E-state index contributed by atoms with van der Waals surface area (Å²) in [5.41, 5.74) is -1.29. The molecular formula is C37H69NO6. The molecule has 0 N–H and O–H groups in total. The summed E-state index contributed by atoms with van der Waals surface area (Å²) in [7, 11) is 0. The third kappa shape index (κ3) is 11.3. The number of carbonyl (C=O) groups excluding carboxylic acids is 2. The Balaban J connectivity index is 1.67. The van der Waals surface area contributed by atoms with Gasteiger partial charge in [-0.3, -0.25) is 9.59 Å². The number of ether oxygens (including phenoxy) is 3. The first-order valence-electron chi connectivity index (χ1n) is 18.3. The highest BCUT2D eigenvalue weighted by atomic mass is 16.7. The first-order valence-corrected chi connectivity index (χ1v) is 18.3. The van der Waals surface area contributed by atoms with Gasteiger partial charge in [0.2, 0.25) is 0 Å². The molecule has 2 saturated heterocycles. The lowest BCUT2D eigenvalue weighted by atomic mass is 9.68. The van der Waals surface area contributed by atoms with E-state index >= 15 is 0 Å². The normalized spacial score (nSPS) is 28.7. The van der Waals surface area contributed by atoms with E-state index in [1.54, 1.807) is 0 Å². The zero-order valence-electron chi connectivity index (χ0n) is 30.0. The zero-order chi connectivity index (χ0) is 32.7. The summed E-state index contributed by atoms with van der Waals surface area (Å²) >= 11 is 0. The van der Waals surface area contributed by atoms with Crippen molar-refractivity contribution in [2.75, 3.05) is 19.8 Å². The molecule has 0 aromatic rings. The smallest absolute Gasteiger partial charge is 0.322 e. The molecule has 1 spiro atoms. The Morgan fingerprint density at radius 1 is 0.750 bits per heavy atom. The maximum atomic E-state index is 12.6. The van der Waals surface area contributed by atoms with Gasteiger partial charge in [0.15, 0.2) is 5.79 Å². The summed E-state index contributed by atoms with van der Waals surface area (Å²) in [5, 5.41) is 1.87. The molecule has 0 radical (unpaired) electrons. The van der Waals surface area contributed by atoms with Gasteiger partial charge >= 0.3 is 11.9 Å². The molecule has 0 aliphatic carbocycles. The van der Waals surface area contributed by atoms with Crippen molar-refractivity contribution in [2.45, 2.75) is 194 Å². The Labute approximate surface area is 270 Å². The number of esters is 1. The second-order valence-electron chi connectivity index (χ2n) is 14.9. The quantitative estimate of drug-likeness (QED) is 0.0931. The van der Waals surface area contributed by atoms with Crippen LogP contribution >= 0.6 is 0 Å². The Bertz CT molecular complexity index is 836. The fourth-order valence-electron chi connectivity index (χ4n) is 7.30. The van der Waals surface area contributed by atoms with Gasteiger partial charge in [-0.05, 0) is 40.0 Å². The Morgan fingerprint density at radius 3 is 1.66 bits per heavy atom. The van der Waals surface area contributed by atoms with Crippen LogP contribution in [-0.4, -0.2) is 53.7 Å². The predicted octanol–water partition coefficient (Wildman–Crippen LogP) is 9.70. The molecule has 2 heterocycles. The van der Waals surface area contributed by atoms with E-state index in [9.17, 15) is 9.59 Å². The van der Waals surface area contributed by atoms with Crippen LogP contribution in [-0.2, 0) is 28.6 Å². The number of hydroxylamine groups is 2. The van der Waals surface area contributed by atoms with Crippen molar-refractivity contribution < 1.29 is 28.6 Å². The maximum absolute atomic E-state index is 12.6. The van der Waals surface area contributed by atoms with Crippen LogP contribution in [0.25, 0.3) is 0 Å². The van der Waals surface area contributed by atoms with E-state index < -0.39 is 16.9 Å². The highest BCUT2D eigenvalue weighted by Crippen LogP contribution is 2.53. The van der Waals surface area contributed by atoms with Gasteiger partial charge in [-0.1, -0.05) is 118 Å². The molecule has 2 aliphatic rings. The summed E-state index contributed by atoms with van der Waals surface area (Å²) in [6.07, 6.45) is 22.3. The van der Waals surface area contributed by atoms with Crippen LogP contribution in [0.1, 0.15) is 177 Å². The number of nitrogens with zero attached hydrogens (tertiary/aromatic N) is 1. The standard InChI is InChI=1S/C37H69NO6/c1-9-12-13-14-15-16-17-18-19-20-21-22-23-24-25-26-33(40)41-28-36(11-3)29-42-37(43-30-36)27-34(6,7)38(44-32(5)39)35(8,10-2)31(37)4/h31H,9-30H2,1-8H3. The molecule has 2 unspecified atom stereocenters. The molecule has 2 rings (SSSR count). The van der Waals surface area contributed by atoms with Gasteiger partial charge < -0.3 is 19.0 Å². The van der Waals surface area contributed by atoms with E-state index in [0.29, 0.717) is 32.7 Å². The third-order valence-electron chi connectivity index (χ3n) is 10.7. The van der Waals surface area contributed by atoms with Crippen LogP contribution in [0.2, 0.25) is 0 Å². The second-order valence-corrected chi connectivity index (χ2v) is 14.9. The summed E-state index contributed by atoms with van der Waals surface area (Å²) in [4.78, 5) is 30.3. The molecule has 2 fully saturated rings. The fourth-order valence-corrected chi connectivity index (χ4v) is 7.30. The highest BCUT2D eigenvalue weighted by molar-refractivity contribution is 5.69. The topological polar surface area (TPSA) is 74.3 Å². The fraction of sp³-hybridized carbons (Fsp3) is 0.946. The molecule has 0 bridgehead atoms. The third-order valence-corrected chi connectivity index (χ3v) is 10.7. The molecule has 258 valence electrons. The van der Waals surface area contributed by atoms with E-state index in [-0.39, 0.29) is 23.3 Å². The second kappa shape index (κ2) is 18.8. The number of rotatable bonds is 21. The van der Waals surface area contributed by atoms with Crippen LogP contribution in [0.4, 0.5) is 0 Å². The summed E-state index contributed by atoms with van der Waals surface area (Å²) < 4.78 is 19.1. The van der Waals surface area contributed by atoms with Crippen LogP contribution in [0.5, 0.6) is 0 Å². The van der Waals surface area contributed by atoms with Crippen molar-refractivity contribution in [3.8, 4) is 0 Å². The number of unbranched alkanes of at least 4 members (excludes halogenated alkanes) is 14. The molecule has 0 saturated carbocycles. The SMILES string of the molecule is CCCCCCCCCCCCCCCCCC(=O)OCC1(CC)COC2(CC(C)(C)N(OC(C)=O)C(C)(CC)C2C)OC1. The van der Waals surface area contributed by atoms with Crippen LogP contribution in [0.3, 0.4) is 0 Å². The Kier molecular flexibility index (Phi) is 16.7. The first kappa shape index (κ1) is 39.0. The minimum absolute atomic E-state index is 0.0464. The number of piperidine rings is 1. The molecule has 7 heteroatoms. The summed E-state index contributed by atoms with van der Waals surface area (Å²) in [6.45, 7) is 17.6.